The van der Waals surface area contributed by atoms with Crippen LogP contribution >= 0.6 is 0 Å². The number of carboxylic acid groups (broad SMARTS) is 1. The number of aliphatic carboxylic acids is 1. The standard InChI is InChI=1S/C23H28O12/c1-9(4-6-11-15(25)14-12(8-33-22(14)31)10(2)19(11)32-3)5-7-13(24)34-23-18(28)16(26)17(27)20(35-23)21(29)30/h4,16-18,20,23,25-28H,5-8H2,1-3H3,(H,29,30)/b9-4+/t16?,17-,18-,20?,23+/m0/s1/i3D3. The minimum absolute atomic E-state index is 0.0455. The number of phenolic OH excluding ortho intramolecular Hbond substituents is 1. The molecule has 0 radical (unpaired) electrons. The van der Waals surface area contributed by atoms with Crippen molar-refractivity contribution < 1.29 is 63.0 Å². The number of benzene rings is 1. The van der Waals surface area contributed by atoms with Gasteiger partial charge in [0.2, 0.25) is 6.29 Å². The molecule has 2 unspecified atom stereocenters. The zero-order chi connectivity index (χ0) is 28.5. The number of aromatic hydroxyl groups is 1. The van der Waals surface area contributed by atoms with Crippen molar-refractivity contribution in [3.05, 3.63) is 33.9 Å². The number of carbonyl (C=O) groups excluding carboxylic acids is 2. The maximum absolute atomic E-state index is 12.3. The Morgan fingerprint density at radius 3 is 2.57 bits per heavy atom. The summed E-state index contributed by atoms with van der Waals surface area (Å²) in [5.74, 6) is -3.85. The summed E-state index contributed by atoms with van der Waals surface area (Å²) in [6, 6.07) is 0. The van der Waals surface area contributed by atoms with Gasteiger partial charge in [-0.25, -0.2) is 9.59 Å². The van der Waals surface area contributed by atoms with Gasteiger partial charge in [0.25, 0.3) is 0 Å². The molecule has 5 N–H and O–H groups in total. The minimum atomic E-state index is -2.83. The zero-order valence-electron chi connectivity index (χ0n) is 21.9. The number of methoxy groups -OCH3 is 1. The van der Waals surface area contributed by atoms with Gasteiger partial charge in [0.05, 0.1) is 11.2 Å². The molecule has 0 saturated carbocycles. The van der Waals surface area contributed by atoms with Crippen LogP contribution in [0.15, 0.2) is 11.6 Å². The van der Waals surface area contributed by atoms with Crippen LogP contribution in [-0.2, 0) is 36.8 Å². The van der Waals surface area contributed by atoms with E-state index in [0.717, 1.165) is 0 Å². The number of aliphatic hydroxyl groups is 3. The molecule has 0 bridgehead atoms. The summed E-state index contributed by atoms with van der Waals surface area (Å²) in [4.78, 5) is 35.5. The molecule has 0 aliphatic carbocycles. The molecule has 5 atom stereocenters. The highest BCUT2D eigenvalue weighted by molar-refractivity contribution is 5.98. The summed E-state index contributed by atoms with van der Waals surface area (Å²) in [5.41, 5.74) is 1.23. The number of carboxylic acids is 1. The number of phenols is 1. The van der Waals surface area contributed by atoms with E-state index >= 15 is 0 Å². The van der Waals surface area contributed by atoms with E-state index in [4.69, 9.17) is 28.2 Å². The third kappa shape index (κ3) is 5.25. The summed E-state index contributed by atoms with van der Waals surface area (Å²) >= 11 is 0. The quantitative estimate of drug-likeness (QED) is 0.240. The molecule has 2 aliphatic heterocycles. The van der Waals surface area contributed by atoms with E-state index in [0.29, 0.717) is 16.7 Å². The van der Waals surface area contributed by atoms with Crippen LogP contribution in [0.5, 0.6) is 11.5 Å². The normalized spacial score (nSPS) is 27.8. The van der Waals surface area contributed by atoms with E-state index in [1.165, 1.54) is 0 Å². The first-order chi connectivity index (χ1) is 17.6. The zero-order valence-corrected chi connectivity index (χ0v) is 18.9. The van der Waals surface area contributed by atoms with Gasteiger partial charge in [0.15, 0.2) is 6.10 Å². The molecule has 35 heavy (non-hydrogen) atoms. The van der Waals surface area contributed by atoms with Crippen molar-refractivity contribution in [3.8, 4) is 11.5 Å². The summed E-state index contributed by atoms with van der Waals surface area (Å²) in [7, 11) is -2.83. The number of carbonyl (C=O) groups is 3. The molecule has 2 aliphatic rings. The van der Waals surface area contributed by atoms with Crippen LogP contribution in [-0.4, -0.2) is 81.2 Å². The van der Waals surface area contributed by atoms with Gasteiger partial charge in [-0.2, -0.15) is 0 Å². The molecule has 192 valence electrons. The third-order valence-corrected chi connectivity index (χ3v) is 5.98. The topological polar surface area (TPSA) is 189 Å². The van der Waals surface area contributed by atoms with E-state index in [1.807, 2.05) is 0 Å². The Hall–Kier alpha value is -3.19. The predicted octanol–water partition coefficient (Wildman–Crippen LogP) is 0.0840. The van der Waals surface area contributed by atoms with Gasteiger partial charge < -0.3 is 44.5 Å². The average Bonchev–Trinajstić information content (AvgIpc) is 3.21. The number of rotatable bonds is 8. The molecule has 1 fully saturated rings. The fourth-order valence-corrected chi connectivity index (χ4v) is 3.91. The Morgan fingerprint density at radius 2 is 1.91 bits per heavy atom. The first-order valence-corrected chi connectivity index (χ1v) is 10.6. The lowest BCUT2D eigenvalue weighted by atomic mass is 9.94. The van der Waals surface area contributed by atoms with Crippen molar-refractivity contribution in [2.45, 2.75) is 70.4 Å². The van der Waals surface area contributed by atoms with Crippen molar-refractivity contribution in [2.24, 2.45) is 0 Å². The van der Waals surface area contributed by atoms with Gasteiger partial charge in [-0.1, -0.05) is 11.6 Å². The molecule has 12 heteroatoms. The SMILES string of the molecule is [2H]C([2H])([2H])Oc1c(C)c2c(c(O)c1C/C=C(\C)CCC(=O)O[C@@H]1OC(C(=O)O)[C@@H](O)C(O)[C@@H]1O)C(=O)OC2. The Bertz CT molecular complexity index is 1150. The van der Waals surface area contributed by atoms with E-state index in [2.05, 4.69) is 0 Å². The van der Waals surface area contributed by atoms with Gasteiger partial charge in [-0.3, -0.25) is 4.79 Å². The molecule has 1 aromatic rings. The van der Waals surface area contributed by atoms with Crippen molar-refractivity contribution in [1.82, 2.24) is 0 Å². The minimum Gasteiger partial charge on any atom is -0.507 e. The fourth-order valence-electron chi connectivity index (χ4n) is 3.91. The summed E-state index contributed by atoms with van der Waals surface area (Å²) < 4.78 is 42.3. The molecule has 1 saturated heterocycles. The second-order valence-electron chi connectivity index (χ2n) is 8.29. The molecular formula is C23H28O12. The average molecular weight is 499 g/mol. The van der Waals surface area contributed by atoms with Crippen LogP contribution in [0.25, 0.3) is 0 Å². The number of esters is 2. The van der Waals surface area contributed by atoms with Gasteiger partial charge >= 0.3 is 17.9 Å². The smallest absolute Gasteiger partial charge is 0.342 e. The Labute approximate surface area is 204 Å². The molecule has 2 heterocycles. The second-order valence-corrected chi connectivity index (χ2v) is 8.29. The number of hydrogen-bond acceptors (Lipinski definition) is 11. The summed E-state index contributed by atoms with van der Waals surface area (Å²) in [5, 5.41) is 49.3. The summed E-state index contributed by atoms with van der Waals surface area (Å²) in [6.45, 7) is 3.05. The van der Waals surface area contributed by atoms with E-state index < -0.39 is 61.4 Å². The number of fused-ring (bicyclic) bond motifs is 1. The van der Waals surface area contributed by atoms with Gasteiger partial charge in [-0.15, -0.1) is 0 Å². The molecule has 12 nitrogen and oxygen atoms in total. The number of ether oxygens (including phenoxy) is 4. The highest BCUT2D eigenvalue weighted by Gasteiger charge is 2.48. The highest BCUT2D eigenvalue weighted by Crippen LogP contribution is 2.42. The van der Waals surface area contributed by atoms with Crippen molar-refractivity contribution in [3.63, 3.8) is 0 Å². The van der Waals surface area contributed by atoms with E-state index in [1.54, 1.807) is 19.9 Å². The Kier molecular flexibility index (Phi) is 6.75. The first kappa shape index (κ1) is 22.3. The van der Waals surface area contributed by atoms with Crippen LogP contribution in [0, 0.1) is 6.92 Å². The number of allylic oxidation sites excluding steroid dienone is 2. The number of aliphatic hydroxyl groups excluding tert-OH is 3. The van der Waals surface area contributed by atoms with E-state index in [-0.39, 0.29) is 42.7 Å². The van der Waals surface area contributed by atoms with Crippen LogP contribution < -0.4 is 4.74 Å². The molecule has 0 spiro atoms. The Morgan fingerprint density at radius 1 is 1.20 bits per heavy atom. The molecule has 0 aromatic heterocycles. The number of cyclic esters (lactones) is 1. The molecule has 1 aromatic carbocycles. The van der Waals surface area contributed by atoms with Crippen molar-refractivity contribution >= 4 is 17.9 Å². The van der Waals surface area contributed by atoms with Gasteiger partial charge in [0.1, 0.15) is 42.0 Å². The molecule has 0 amide bonds. The molecule has 3 rings (SSSR count). The Balaban J connectivity index is 1.70. The highest BCUT2D eigenvalue weighted by atomic mass is 16.7. The maximum Gasteiger partial charge on any atom is 0.342 e. The lowest BCUT2D eigenvalue weighted by Crippen LogP contribution is -2.60. The molecular weight excluding hydrogens is 468 g/mol. The lowest BCUT2D eigenvalue weighted by Gasteiger charge is -2.37. The monoisotopic (exact) mass is 499 g/mol. The van der Waals surface area contributed by atoms with Crippen LogP contribution in [0.2, 0.25) is 0 Å². The van der Waals surface area contributed by atoms with Crippen molar-refractivity contribution in [1.29, 1.82) is 0 Å². The van der Waals surface area contributed by atoms with Gasteiger partial charge in [0, 0.05) is 17.5 Å². The van der Waals surface area contributed by atoms with E-state index in [9.17, 15) is 34.8 Å². The third-order valence-electron chi connectivity index (χ3n) is 5.98. The number of hydrogen-bond donors (Lipinski definition) is 5. The maximum atomic E-state index is 12.3. The second kappa shape index (κ2) is 10.6. The van der Waals surface area contributed by atoms with Crippen molar-refractivity contribution in [2.75, 3.05) is 7.04 Å². The van der Waals surface area contributed by atoms with Crippen LogP contribution in [0.4, 0.5) is 0 Å². The summed E-state index contributed by atoms with van der Waals surface area (Å²) in [6.07, 6.45) is -8.11. The van der Waals surface area contributed by atoms with Gasteiger partial charge in [-0.05, 0) is 32.3 Å². The fraction of sp³-hybridized carbons (Fsp3) is 0.522. The van der Waals surface area contributed by atoms with Crippen LogP contribution in [0.3, 0.4) is 0 Å². The predicted molar refractivity (Wildman–Crippen MR) is 116 cm³/mol. The first-order valence-electron chi connectivity index (χ1n) is 12.1. The van der Waals surface area contributed by atoms with Crippen LogP contribution in [0.1, 0.15) is 50.9 Å². The lowest BCUT2D eigenvalue weighted by molar-refractivity contribution is -0.286. The largest absolute Gasteiger partial charge is 0.507 e.